The highest BCUT2D eigenvalue weighted by Crippen LogP contribution is 2.42. The summed E-state index contributed by atoms with van der Waals surface area (Å²) in [6.45, 7) is 0. The topological polar surface area (TPSA) is 16.1 Å². The predicted molar refractivity (Wildman–Crippen MR) is 188 cm³/mol. The Kier molecular flexibility index (Phi) is 6.71. The molecule has 44 heavy (non-hydrogen) atoms. The van der Waals surface area contributed by atoms with Crippen molar-refractivity contribution in [2.45, 2.75) is 0 Å². The van der Waals surface area contributed by atoms with Crippen LogP contribution in [0.25, 0.3) is 53.6 Å². The Balaban J connectivity index is 1.24. The molecule has 0 aliphatic heterocycles. The Morgan fingerprint density at radius 1 is 0.432 bits per heavy atom. The van der Waals surface area contributed by atoms with Crippen LogP contribution in [0.4, 0.5) is 17.1 Å². The molecule has 3 heteroatoms. The fourth-order valence-electron chi connectivity index (χ4n) is 6.01. The third kappa shape index (κ3) is 4.84. The van der Waals surface area contributed by atoms with Crippen LogP contribution in [0.15, 0.2) is 170 Å². The van der Waals surface area contributed by atoms with Crippen molar-refractivity contribution in [3.8, 4) is 33.4 Å². The number of aromatic nitrogens is 1. The molecule has 0 N–H and O–H groups in total. The lowest BCUT2D eigenvalue weighted by Crippen LogP contribution is -2.10. The summed E-state index contributed by atoms with van der Waals surface area (Å²) in [6, 6.07) is 56.5. The minimum Gasteiger partial charge on any atom is -0.310 e. The number of fused-ring (bicyclic) bond motifs is 3. The van der Waals surface area contributed by atoms with Gasteiger partial charge in [-0.25, -0.2) is 0 Å². The number of rotatable bonds is 6. The number of anilines is 3. The number of hydrogen-bond acceptors (Lipinski definition) is 3. The van der Waals surface area contributed by atoms with E-state index in [0.29, 0.717) is 0 Å². The molecule has 8 rings (SSSR count). The van der Waals surface area contributed by atoms with Gasteiger partial charge < -0.3 is 4.90 Å². The van der Waals surface area contributed by atoms with Crippen molar-refractivity contribution in [2.75, 3.05) is 4.90 Å². The summed E-state index contributed by atoms with van der Waals surface area (Å²) in [5.74, 6) is 0. The van der Waals surface area contributed by atoms with Gasteiger partial charge in [-0.3, -0.25) is 4.98 Å². The van der Waals surface area contributed by atoms with Crippen molar-refractivity contribution in [2.24, 2.45) is 0 Å². The molecular weight excluding hydrogens is 553 g/mol. The zero-order valence-corrected chi connectivity index (χ0v) is 24.8. The van der Waals surface area contributed by atoms with Gasteiger partial charge in [0, 0.05) is 44.9 Å². The molecule has 0 saturated heterocycles. The van der Waals surface area contributed by atoms with Gasteiger partial charge in [0.2, 0.25) is 0 Å². The van der Waals surface area contributed by atoms with Gasteiger partial charge in [-0.05, 0) is 75.8 Å². The monoisotopic (exact) mass is 580 g/mol. The number of benzene rings is 6. The van der Waals surface area contributed by atoms with Crippen LogP contribution < -0.4 is 4.90 Å². The Bertz CT molecular complexity index is 2120. The molecule has 8 aromatic rings. The first-order chi connectivity index (χ1) is 21.8. The summed E-state index contributed by atoms with van der Waals surface area (Å²) < 4.78 is 2.50. The Morgan fingerprint density at radius 2 is 1.00 bits per heavy atom. The van der Waals surface area contributed by atoms with Gasteiger partial charge in [-0.1, -0.05) is 115 Å². The van der Waals surface area contributed by atoms with Gasteiger partial charge in [0.1, 0.15) is 0 Å². The Hall–Kier alpha value is -5.51. The Labute approximate surface area is 261 Å². The van der Waals surface area contributed by atoms with Crippen LogP contribution in [0, 0.1) is 0 Å². The molecule has 0 fully saturated rings. The molecule has 0 bridgehead atoms. The van der Waals surface area contributed by atoms with Crippen LogP contribution >= 0.6 is 11.3 Å². The van der Waals surface area contributed by atoms with E-state index in [1.54, 1.807) is 0 Å². The smallest absolute Gasteiger partial charge is 0.0538 e. The van der Waals surface area contributed by atoms with Crippen molar-refractivity contribution in [3.05, 3.63) is 170 Å². The molecule has 0 aliphatic carbocycles. The SMILES string of the molecule is c1ccc(-c2ccc(N(c3ccc(-c4ccccc4)cc3)c3cccc(-c4cccc5c4sc4cnccc45)c3)cc2)cc1. The fourth-order valence-corrected chi connectivity index (χ4v) is 7.21. The molecule has 0 amide bonds. The summed E-state index contributed by atoms with van der Waals surface area (Å²) in [5, 5.41) is 2.54. The van der Waals surface area contributed by atoms with Crippen molar-refractivity contribution < 1.29 is 0 Å². The largest absolute Gasteiger partial charge is 0.310 e. The fraction of sp³-hybridized carbons (Fsp3) is 0. The van der Waals surface area contributed by atoms with E-state index in [0.717, 1.165) is 17.1 Å². The second-order valence-electron chi connectivity index (χ2n) is 10.9. The van der Waals surface area contributed by atoms with Crippen LogP contribution in [-0.2, 0) is 0 Å². The maximum absolute atomic E-state index is 4.37. The molecule has 0 unspecified atom stereocenters. The zero-order chi connectivity index (χ0) is 29.3. The number of thiophene rings is 1. The molecule has 0 radical (unpaired) electrons. The Morgan fingerprint density at radius 3 is 1.64 bits per heavy atom. The van der Waals surface area contributed by atoms with Crippen molar-refractivity contribution >= 4 is 48.6 Å². The molecule has 0 atom stereocenters. The molecule has 0 aliphatic rings. The highest BCUT2D eigenvalue weighted by Gasteiger charge is 2.16. The average molecular weight is 581 g/mol. The first-order valence-corrected chi connectivity index (χ1v) is 15.6. The lowest BCUT2D eigenvalue weighted by Gasteiger charge is -2.26. The van der Waals surface area contributed by atoms with E-state index < -0.39 is 0 Å². The van der Waals surface area contributed by atoms with E-state index in [1.807, 2.05) is 23.7 Å². The van der Waals surface area contributed by atoms with E-state index in [-0.39, 0.29) is 0 Å². The summed E-state index contributed by atoms with van der Waals surface area (Å²) in [7, 11) is 0. The summed E-state index contributed by atoms with van der Waals surface area (Å²) in [4.78, 5) is 6.72. The van der Waals surface area contributed by atoms with Gasteiger partial charge in [0.05, 0.1) is 4.70 Å². The summed E-state index contributed by atoms with van der Waals surface area (Å²) >= 11 is 1.81. The highest BCUT2D eigenvalue weighted by molar-refractivity contribution is 7.26. The van der Waals surface area contributed by atoms with Crippen molar-refractivity contribution in [3.63, 3.8) is 0 Å². The van der Waals surface area contributed by atoms with Gasteiger partial charge >= 0.3 is 0 Å². The van der Waals surface area contributed by atoms with Gasteiger partial charge in [0.15, 0.2) is 0 Å². The minimum absolute atomic E-state index is 1.11. The van der Waals surface area contributed by atoms with Crippen LogP contribution in [0.5, 0.6) is 0 Å². The van der Waals surface area contributed by atoms with E-state index in [9.17, 15) is 0 Å². The normalized spacial score (nSPS) is 11.2. The lowest BCUT2D eigenvalue weighted by molar-refractivity contribution is 1.28. The molecule has 2 aromatic heterocycles. The standard InChI is InChI=1S/C41H28N2S/c1-3-9-29(10-4-1)31-17-21-34(22-18-31)43(35-23-19-32(20-24-35)30-11-5-2-6-12-30)36-14-7-13-33(27-36)37-15-8-16-39-38-25-26-42-28-40(38)44-41(37)39/h1-28H. The quantitative estimate of drug-likeness (QED) is 0.194. The molecule has 2 heterocycles. The number of hydrogen-bond donors (Lipinski definition) is 0. The maximum atomic E-state index is 4.37. The number of nitrogens with zero attached hydrogens (tertiary/aromatic N) is 2. The maximum Gasteiger partial charge on any atom is 0.0538 e. The van der Waals surface area contributed by atoms with Gasteiger partial charge in [-0.2, -0.15) is 0 Å². The highest BCUT2D eigenvalue weighted by atomic mass is 32.1. The second kappa shape index (κ2) is 11.3. The van der Waals surface area contributed by atoms with E-state index in [1.165, 1.54) is 53.6 Å². The minimum atomic E-state index is 1.11. The molecule has 6 aromatic carbocycles. The third-order valence-corrected chi connectivity index (χ3v) is 9.37. The van der Waals surface area contributed by atoms with Crippen molar-refractivity contribution in [1.29, 1.82) is 0 Å². The predicted octanol–water partition coefficient (Wildman–Crippen LogP) is 11.9. The first-order valence-electron chi connectivity index (χ1n) is 14.8. The van der Waals surface area contributed by atoms with E-state index in [4.69, 9.17) is 0 Å². The van der Waals surface area contributed by atoms with E-state index in [2.05, 4.69) is 168 Å². The van der Waals surface area contributed by atoms with Gasteiger partial charge in [-0.15, -0.1) is 11.3 Å². The molecule has 2 nitrogen and oxygen atoms in total. The van der Waals surface area contributed by atoms with Gasteiger partial charge in [0.25, 0.3) is 0 Å². The molecule has 0 spiro atoms. The van der Waals surface area contributed by atoms with Crippen LogP contribution in [-0.4, -0.2) is 4.98 Å². The van der Waals surface area contributed by atoms with Crippen molar-refractivity contribution in [1.82, 2.24) is 4.98 Å². The van der Waals surface area contributed by atoms with Crippen LogP contribution in [0.2, 0.25) is 0 Å². The zero-order valence-electron chi connectivity index (χ0n) is 24.0. The van der Waals surface area contributed by atoms with E-state index >= 15 is 0 Å². The van der Waals surface area contributed by atoms with Crippen LogP contribution in [0.3, 0.4) is 0 Å². The third-order valence-electron chi connectivity index (χ3n) is 8.18. The molecule has 208 valence electrons. The number of pyridine rings is 1. The first kappa shape index (κ1) is 26.1. The summed E-state index contributed by atoms with van der Waals surface area (Å²) in [5.41, 5.74) is 10.6. The molecular formula is C41H28N2S. The lowest BCUT2D eigenvalue weighted by atomic mass is 10.0. The summed E-state index contributed by atoms with van der Waals surface area (Å²) in [6.07, 6.45) is 3.85. The van der Waals surface area contributed by atoms with Crippen LogP contribution in [0.1, 0.15) is 0 Å². The molecule has 0 saturated carbocycles. The average Bonchev–Trinajstić information content (AvgIpc) is 3.49. The second-order valence-corrected chi connectivity index (χ2v) is 11.9.